The number of aliphatic carboxylic acids is 1. The third-order valence-electron chi connectivity index (χ3n) is 4.20. The summed E-state index contributed by atoms with van der Waals surface area (Å²) in [6.07, 6.45) is 0. The molecule has 0 spiro atoms. The maximum atomic E-state index is 13.2. The van der Waals surface area contributed by atoms with Crippen molar-refractivity contribution in [2.24, 2.45) is 0 Å². The molecule has 0 heterocycles. The number of rotatable bonds is 5. The molecule has 0 amide bonds. The molecule has 0 aromatic heterocycles. The largest absolute Gasteiger partial charge is 0.481 e. The summed E-state index contributed by atoms with van der Waals surface area (Å²) in [5, 5.41) is 7.42. The van der Waals surface area contributed by atoms with Crippen LogP contribution in [0.4, 0.5) is 0 Å². The number of carboxylic acid groups (broad SMARTS) is 1. The van der Waals surface area contributed by atoms with Gasteiger partial charge in [0.15, 0.2) is 0 Å². The van der Waals surface area contributed by atoms with E-state index < -0.39 is 11.4 Å². The standard InChI is InChI=1S/C22H20O2.C2H4O2.H3P/c1-2-24-21(23)22(18-12-6-3-7-13-18,19-14-8-4-9-15-19)20-16-10-5-11-17-20;1-2(3)4;/h3-17H,2H2,1H3;1H3,(H,3,4);1H3. The maximum absolute atomic E-state index is 13.2. The van der Waals surface area contributed by atoms with Gasteiger partial charge in [-0.2, -0.15) is 9.90 Å². The molecule has 0 saturated heterocycles. The molecule has 3 rings (SSSR count). The molecule has 0 radical (unpaired) electrons. The van der Waals surface area contributed by atoms with E-state index in [0.717, 1.165) is 23.6 Å². The average molecular weight is 410 g/mol. The normalized spacial score (nSPS) is 10.0. The predicted octanol–water partition coefficient (Wildman–Crippen LogP) is 4.73. The van der Waals surface area contributed by atoms with Crippen molar-refractivity contribution in [3.8, 4) is 0 Å². The smallest absolute Gasteiger partial charge is 0.325 e. The summed E-state index contributed by atoms with van der Waals surface area (Å²) in [6.45, 7) is 3.26. The molecule has 0 fully saturated rings. The van der Waals surface area contributed by atoms with Gasteiger partial charge in [0.05, 0.1) is 6.61 Å². The minimum atomic E-state index is -0.972. The first-order valence-electron chi connectivity index (χ1n) is 9.06. The summed E-state index contributed by atoms with van der Waals surface area (Å²) in [5.41, 5.74) is 1.74. The highest BCUT2D eigenvalue weighted by molar-refractivity contribution is 6.92. The number of ether oxygens (including phenoxy) is 1. The van der Waals surface area contributed by atoms with Crippen molar-refractivity contribution >= 4 is 21.8 Å². The van der Waals surface area contributed by atoms with E-state index in [1.807, 2.05) is 97.9 Å². The van der Waals surface area contributed by atoms with E-state index >= 15 is 0 Å². The van der Waals surface area contributed by atoms with Gasteiger partial charge < -0.3 is 9.84 Å². The van der Waals surface area contributed by atoms with Crippen LogP contribution in [0.25, 0.3) is 0 Å². The molecule has 1 N–H and O–H groups in total. The summed E-state index contributed by atoms with van der Waals surface area (Å²) in [7, 11) is 0. The van der Waals surface area contributed by atoms with Crippen LogP contribution in [-0.2, 0) is 19.7 Å². The second-order valence-electron chi connectivity index (χ2n) is 6.09. The van der Waals surface area contributed by atoms with Crippen LogP contribution >= 0.6 is 9.90 Å². The molecule has 5 heteroatoms. The van der Waals surface area contributed by atoms with Gasteiger partial charge in [0, 0.05) is 6.92 Å². The van der Waals surface area contributed by atoms with Gasteiger partial charge in [0.1, 0.15) is 5.41 Å². The van der Waals surface area contributed by atoms with Crippen LogP contribution < -0.4 is 0 Å². The molecule has 0 saturated carbocycles. The fourth-order valence-electron chi connectivity index (χ4n) is 3.16. The Bertz CT molecular complexity index is 780. The van der Waals surface area contributed by atoms with Crippen molar-refractivity contribution in [2.45, 2.75) is 19.3 Å². The van der Waals surface area contributed by atoms with Gasteiger partial charge in [0.25, 0.3) is 5.97 Å². The number of carboxylic acids is 1. The van der Waals surface area contributed by atoms with E-state index in [1.54, 1.807) is 0 Å². The first kappa shape index (κ1) is 24.1. The molecule has 1 unspecified atom stereocenters. The van der Waals surface area contributed by atoms with E-state index in [2.05, 4.69) is 0 Å². The highest BCUT2D eigenvalue weighted by Crippen LogP contribution is 2.40. The molecule has 29 heavy (non-hydrogen) atoms. The number of hydrogen-bond donors (Lipinski definition) is 1. The van der Waals surface area contributed by atoms with Gasteiger partial charge in [-0.25, -0.2) is 0 Å². The summed E-state index contributed by atoms with van der Waals surface area (Å²) >= 11 is 0. The third-order valence-corrected chi connectivity index (χ3v) is 4.20. The number of esters is 1. The molecule has 0 aliphatic heterocycles. The van der Waals surface area contributed by atoms with Crippen molar-refractivity contribution < 1.29 is 19.4 Å². The van der Waals surface area contributed by atoms with E-state index in [-0.39, 0.29) is 15.9 Å². The Hall–Kier alpha value is -2.97. The lowest BCUT2D eigenvalue weighted by Crippen LogP contribution is -2.40. The van der Waals surface area contributed by atoms with Crippen molar-refractivity contribution in [3.05, 3.63) is 108 Å². The number of benzene rings is 3. The zero-order valence-electron chi connectivity index (χ0n) is 16.7. The van der Waals surface area contributed by atoms with Crippen molar-refractivity contribution in [2.75, 3.05) is 6.61 Å². The lowest BCUT2D eigenvalue weighted by molar-refractivity contribution is -0.147. The summed E-state index contributed by atoms with van der Waals surface area (Å²) < 4.78 is 5.53. The van der Waals surface area contributed by atoms with Gasteiger partial charge in [-0.15, -0.1) is 0 Å². The monoisotopic (exact) mass is 410 g/mol. The second kappa shape index (κ2) is 11.8. The van der Waals surface area contributed by atoms with Gasteiger partial charge >= 0.3 is 5.97 Å². The Morgan fingerprint density at radius 1 is 0.759 bits per heavy atom. The van der Waals surface area contributed by atoms with Crippen LogP contribution in [0.2, 0.25) is 0 Å². The number of carbonyl (C=O) groups is 2. The lowest BCUT2D eigenvalue weighted by Gasteiger charge is -2.33. The van der Waals surface area contributed by atoms with E-state index in [9.17, 15) is 4.79 Å². The van der Waals surface area contributed by atoms with Crippen LogP contribution in [0.1, 0.15) is 30.5 Å². The second-order valence-corrected chi connectivity index (χ2v) is 6.09. The molecular weight excluding hydrogens is 383 g/mol. The Kier molecular flexibility index (Phi) is 9.78. The molecule has 0 aliphatic carbocycles. The fraction of sp³-hybridized carbons (Fsp3) is 0.167. The molecule has 3 aromatic rings. The molecule has 0 bridgehead atoms. The average Bonchev–Trinajstić information content (AvgIpc) is 2.71. The Balaban J connectivity index is 0.000000771. The quantitative estimate of drug-likeness (QED) is 0.375. The first-order valence-corrected chi connectivity index (χ1v) is 9.06. The topological polar surface area (TPSA) is 63.6 Å². The molecule has 3 aromatic carbocycles. The molecular formula is C24H27O4P. The number of hydrogen-bond acceptors (Lipinski definition) is 3. The van der Waals surface area contributed by atoms with Gasteiger partial charge in [-0.3, -0.25) is 9.59 Å². The van der Waals surface area contributed by atoms with Crippen LogP contribution in [-0.4, -0.2) is 23.7 Å². The van der Waals surface area contributed by atoms with Crippen molar-refractivity contribution in [1.82, 2.24) is 0 Å². The van der Waals surface area contributed by atoms with Crippen molar-refractivity contribution in [3.63, 3.8) is 0 Å². The molecule has 0 aliphatic rings. The van der Waals surface area contributed by atoms with Crippen molar-refractivity contribution in [1.29, 1.82) is 0 Å². The zero-order chi connectivity index (χ0) is 20.4. The van der Waals surface area contributed by atoms with E-state index in [4.69, 9.17) is 14.6 Å². The first-order chi connectivity index (χ1) is 13.5. The minimum absolute atomic E-state index is 0. The van der Waals surface area contributed by atoms with E-state index in [1.165, 1.54) is 0 Å². The number of carbonyl (C=O) groups excluding carboxylic acids is 1. The summed E-state index contributed by atoms with van der Waals surface area (Å²) in [5.74, 6) is -1.09. The fourth-order valence-corrected chi connectivity index (χ4v) is 3.16. The summed E-state index contributed by atoms with van der Waals surface area (Å²) in [6, 6.07) is 29.5. The Morgan fingerprint density at radius 2 is 1.03 bits per heavy atom. The predicted molar refractivity (Wildman–Crippen MR) is 120 cm³/mol. The minimum Gasteiger partial charge on any atom is -0.481 e. The lowest BCUT2D eigenvalue weighted by atomic mass is 9.69. The van der Waals surface area contributed by atoms with Crippen LogP contribution in [0.3, 0.4) is 0 Å². The Morgan fingerprint density at radius 3 is 1.28 bits per heavy atom. The van der Waals surface area contributed by atoms with E-state index in [0.29, 0.717) is 6.61 Å². The highest BCUT2D eigenvalue weighted by Gasteiger charge is 2.45. The van der Waals surface area contributed by atoms with Crippen LogP contribution in [0, 0.1) is 0 Å². The zero-order valence-corrected chi connectivity index (χ0v) is 18.2. The van der Waals surface area contributed by atoms with Crippen LogP contribution in [0.5, 0.6) is 0 Å². The molecule has 1 atom stereocenters. The third kappa shape index (κ3) is 5.75. The van der Waals surface area contributed by atoms with Gasteiger partial charge in [-0.1, -0.05) is 91.0 Å². The molecule has 4 nitrogen and oxygen atoms in total. The molecule has 152 valence electrons. The summed E-state index contributed by atoms with van der Waals surface area (Å²) in [4.78, 5) is 22.2. The Labute approximate surface area is 175 Å². The highest BCUT2D eigenvalue weighted by atomic mass is 31.0. The van der Waals surface area contributed by atoms with Gasteiger partial charge in [-0.05, 0) is 23.6 Å². The maximum Gasteiger partial charge on any atom is 0.325 e. The van der Waals surface area contributed by atoms with Crippen LogP contribution in [0.15, 0.2) is 91.0 Å². The van der Waals surface area contributed by atoms with Gasteiger partial charge in [0.2, 0.25) is 0 Å². The SMILES string of the molecule is CC(=O)O.CCOC(=O)C(c1ccccc1)(c1ccccc1)c1ccccc1.P.